The molecule has 0 bridgehead atoms. The maximum absolute atomic E-state index is 13.5. The summed E-state index contributed by atoms with van der Waals surface area (Å²) in [7, 11) is 3.36. The highest BCUT2D eigenvalue weighted by Crippen LogP contribution is 2.50. The number of ketones is 2. The summed E-state index contributed by atoms with van der Waals surface area (Å²) in [5.41, 5.74) is 12.2. The van der Waals surface area contributed by atoms with Crippen LogP contribution in [0, 0.1) is 17.8 Å². The predicted molar refractivity (Wildman–Crippen MR) is 111 cm³/mol. The highest BCUT2D eigenvalue weighted by atomic mass is 16.3. The van der Waals surface area contributed by atoms with E-state index in [0.717, 1.165) is 5.56 Å². The number of hydrogen-bond acceptors (Lipinski definition) is 8. The van der Waals surface area contributed by atoms with Gasteiger partial charge >= 0.3 is 0 Å². The number of Topliss-reactive ketones (excluding diaryl/α,β-unsaturated/α-hetero) is 2. The lowest BCUT2D eigenvalue weighted by atomic mass is 9.59. The maximum atomic E-state index is 13.5. The Kier molecular flexibility index (Phi) is 4.90. The maximum Gasteiger partial charge on any atom is 0.255 e. The highest BCUT2D eigenvalue weighted by Gasteiger charge is 2.55. The second-order valence-electron chi connectivity index (χ2n) is 8.60. The largest absolute Gasteiger partial charge is 0.510 e. The fourth-order valence-corrected chi connectivity index (χ4v) is 5.52. The van der Waals surface area contributed by atoms with Crippen molar-refractivity contribution >= 4 is 23.2 Å². The first-order valence-electron chi connectivity index (χ1n) is 10.0. The quantitative estimate of drug-likeness (QED) is 0.339. The van der Waals surface area contributed by atoms with Gasteiger partial charge in [0.05, 0.1) is 17.5 Å². The first-order valence-corrected chi connectivity index (χ1v) is 10.0. The van der Waals surface area contributed by atoms with E-state index in [9.17, 15) is 29.7 Å². The van der Waals surface area contributed by atoms with Crippen LogP contribution in [0.25, 0.3) is 5.76 Å². The van der Waals surface area contributed by atoms with Crippen molar-refractivity contribution in [2.45, 2.75) is 25.4 Å². The first kappa shape index (κ1) is 21.1. The number of carbonyl (C=O) groups excluding carboxylic acids is 3. The summed E-state index contributed by atoms with van der Waals surface area (Å²) >= 11 is 0. The van der Waals surface area contributed by atoms with E-state index in [0.29, 0.717) is 18.4 Å². The van der Waals surface area contributed by atoms with Gasteiger partial charge in [-0.3, -0.25) is 19.3 Å². The topological polar surface area (TPSA) is 167 Å². The Balaban J connectivity index is 1.91. The molecule has 4 rings (SSSR count). The third kappa shape index (κ3) is 2.88. The van der Waals surface area contributed by atoms with Crippen LogP contribution in [0.15, 0.2) is 29.0 Å². The molecular weight excluding hydrogens is 402 g/mol. The number of nitrogens with two attached hydrogens (primary N) is 2. The van der Waals surface area contributed by atoms with Gasteiger partial charge in [0.25, 0.3) is 5.91 Å². The molecule has 0 saturated heterocycles. The molecule has 164 valence electrons. The van der Waals surface area contributed by atoms with Crippen molar-refractivity contribution in [2.24, 2.45) is 29.2 Å². The van der Waals surface area contributed by atoms with Crippen LogP contribution in [0.2, 0.25) is 0 Å². The number of nitrogens with zero attached hydrogens (tertiary/aromatic N) is 1. The minimum absolute atomic E-state index is 0.0642. The van der Waals surface area contributed by atoms with Gasteiger partial charge < -0.3 is 26.8 Å². The van der Waals surface area contributed by atoms with Crippen LogP contribution in [0.1, 0.15) is 23.1 Å². The van der Waals surface area contributed by atoms with Crippen molar-refractivity contribution in [3.8, 4) is 5.75 Å². The van der Waals surface area contributed by atoms with Crippen molar-refractivity contribution in [1.82, 2.24) is 4.90 Å². The average molecular weight is 427 g/mol. The van der Waals surface area contributed by atoms with E-state index < -0.39 is 52.6 Å². The van der Waals surface area contributed by atoms with Gasteiger partial charge in [0, 0.05) is 12.1 Å². The molecule has 4 atom stereocenters. The summed E-state index contributed by atoms with van der Waals surface area (Å²) in [5, 5.41) is 32.0. The van der Waals surface area contributed by atoms with Gasteiger partial charge in [-0.15, -0.1) is 0 Å². The first-order chi connectivity index (χ1) is 14.6. The summed E-state index contributed by atoms with van der Waals surface area (Å²) in [6.07, 6.45) is 0.672. The number of phenolic OH excluding ortho intramolecular Hbond substituents is 1. The van der Waals surface area contributed by atoms with E-state index in [1.807, 2.05) is 0 Å². The van der Waals surface area contributed by atoms with Crippen LogP contribution in [-0.4, -0.2) is 57.8 Å². The summed E-state index contributed by atoms with van der Waals surface area (Å²) in [6.45, 7) is 0.197. The Morgan fingerprint density at radius 1 is 1.16 bits per heavy atom. The van der Waals surface area contributed by atoms with Crippen LogP contribution in [0.3, 0.4) is 0 Å². The van der Waals surface area contributed by atoms with Crippen LogP contribution >= 0.6 is 0 Å². The third-order valence-electron chi connectivity index (χ3n) is 6.76. The summed E-state index contributed by atoms with van der Waals surface area (Å²) in [6, 6.07) is 2.34. The minimum atomic E-state index is -1.25. The average Bonchev–Trinajstić information content (AvgIpc) is 2.67. The van der Waals surface area contributed by atoms with Crippen molar-refractivity contribution in [3.05, 3.63) is 45.7 Å². The van der Waals surface area contributed by atoms with Crippen LogP contribution < -0.4 is 11.5 Å². The third-order valence-corrected chi connectivity index (χ3v) is 6.76. The van der Waals surface area contributed by atoms with Crippen molar-refractivity contribution in [1.29, 1.82) is 0 Å². The summed E-state index contributed by atoms with van der Waals surface area (Å²) < 4.78 is 0. The number of primary amides is 1. The number of rotatable bonds is 3. The fraction of sp³-hybridized carbons (Fsp3) is 0.409. The van der Waals surface area contributed by atoms with Crippen molar-refractivity contribution in [2.75, 3.05) is 14.1 Å². The SMILES string of the molecule is CN(C)[C@@H]1C(O)=C(C(N)=O)C(=O)C2C(=O)C3=C(O)c4c(O)ccc(CN)c4CC3CC21. The van der Waals surface area contributed by atoms with Gasteiger partial charge in [0.2, 0.25) is 0 Å². The Bertz CT molecular complexity index is 1090. The lowest BCUT2D eigenvalue weighted by molar-refractivity contribution is -0.136. The van der Waals surface area contributed by atoms with E-state index in [1.165, 1.54) is 6.07 Å². The number of amides is 1. The molecular formula is C22H25N3O6. The van der Waals surface area contributed by atoms with E-state index in [1.54, 1.807) is 25.1 Å². The van der Waals surface area contributed by atoms with Crippen LogP contribution in [-0.2, 0) is 27.3 Å². The number of hydrogen-bond donors (Lipinski definition) is 5. The molecule has 0 aromatic heterocycles. The van der Waals surface area contributed by atoms with Gasteiger partial charge in [-0.1, -0.05) is 6.07 Å². The molecule has 0 heterocycles. The molecule has 1 fully saturated rings. The normalized spacial score (nSPS) is 27.9. The Morgan fingerprint density at radius 2 is 1.84 bits per heavy atom. The predicted octanol–water partition coefficient (Wildman–Crippen LogP) is 0.308. The molecule has 31 heavy (non-hydrogen) atoms. The highest BCUT2D eigenvalue weighted by molar-refractivity contribution is 6.28. The minimum Gasteiger partial charge on any atom is -0.510 e. The second kappa shape index (κ2) is 7.21. The molecule has 9 heteroatoms. The van der Waals surface area contributed by atoms with Gasteiger partial charge in [0.15, 0.2) is 11.6 Å². The van der Waals surface area contributed by atoms with Gasteiger partial charge in [-0.25, -0.2) is 0 Å². The number of aliphatic hydroxyl groups is 2. The molecule has 9 nitrogen and oxygen atoms in total. The monoisotopic (exact) mass is 427 g/mol. The molecule has 3 aliphatic rings. The van der Waals surface area contributed by atoms with E-state index in [4.69, 9.17) is 11.5 Å². The molecule has 1 aromatic carbocycles. The Labute approximate surface area is 178 Å². The number of fused-ring (bicyclic) bond motifs is 3. The summed E-state index contributed by atoms with van der Waals surface area (Å²) in [5.74, 6) is -5.78. The zero-order valence-electron chi connectivity index (χ0n) is 17.3. The second-order valence-corrected chi connectivity index (χ2v) is 8.60. The Morgan fingerprint density at radius 3 is 2.42 bits per heavy atom. The van der Waals surface area contributed by atoms with Crippen molar-refractivity contribution < 1.29 is 29.7 Å². The van der Waals surface area contributed by atoms with E-state index in [2.05, 4.69) is 0 Å². The van der Waals surface area contributed by atoms with E-state index >= 15 is 0 Å². The van der Waals surface area contributed by atoms with Crippen LogP contribution in [0.4, 0.5) is 0 Å². The Hall–Kier alpha value is -3.17. The zero-order chi connectivity index (χ0) is 22.8. The van der Waals surface area contributed by atoms with Gasteiger partial charge in [0.1, 0.15) is 22.8 Å². The lowest BCUT2D eigenvalue weighted by Gasteiger charge is -2.46. The molecule has 1 aromatic rings. The number of carbonyl (C=O) groups is 3. The summed E-state index contributed by atoms with van der Waals surface area (Å²) in [4.78, 5) is 40.1. The lowest BCUT2D eigenvalue weighted by Crippen LogP contribution is -2.55. The van der Waals surface area contributed by atoms with E-state index in [-0.39, 0.29) is 29.2 Å². The van der Waals surface area contributed by atoms with Crippen LogP contribution in [0.5, 0.6) is 5.75 Å². The number of allylic oxidation sites excluding steroid dienone is 1. The van der Waals surface area contributed by atoms with Gasteiger partial charge in [-0.05, 0) is 56.0 Å². The molecule has 0 radical (unpaired) electrons. The number of aromatic hydroxyl groups is 1. The molecule has 3 aliphatic carbocycles. The van der Waals surface area contributed by atoms with Gasteiger partial charge in [-0.2, -0.15) is 0 Å². The number of likely N-dealkylation sites (N-methyl/N-ethyl adjacent to an activating group) is 1. The molecule has 0 aliphatic heterocycles. The fourth-order valence-electron chi connectivity index (χ4n) is 5.52. The molecule has 3 unspecified atom stereocenters. The number of aliphatic hydroxyl groups excluding tert-OH is 2. The van der Waals surface area contributed by atoms with Crippen molar-refractivity contribution in [3.63, 3.8) is 0 Å². The molecule has 7 N–H and O–H groups in total. The standard InChI is InChI=1S/C22H25N3O6/c1-25(2)17-11-6-9-5-10-8(7-23)3-4-12(26)14(10)18(27)13(9)19(28)15(11)20(29)16(21(17)30)22(24)31/h3-4,9,11,15,17,26-27,30H,5-7,23H2,1-2H3,(H2,24,31)/t9?,11?,15?,17-/m0/s1. The zero-order valence-corrected chi connectivity index (χ0v) is 17.3. The number of phenols is 1. The molecule has 1 saturated carbocycles. The number of benzene rings is 1. The smallest absolute Gasteiger partial charge is 0.255 e. The molecule has 1 amide bonds. The molecule has 0 spiro atoms.